The van der Waals surface area contributed by atoms with Crippen molar-refractivity contribution in [2.75, 3.05) is 0 Å². The molecule has 2 heterocycles. The summed E-state index contributed by atoms with van der Waals surface area (Å²) in [5.74, 6) is 1.75. The Bertz CT molecular complexity index is 4010. The fourth-order valence-corrected chi connectivity index (χ4v) is 11.9. The van der Waals surface area contributed by atoms with Gasteiger partial charge in [-0.3, -0.25) is 0 Å². The molecular weight excluding hydrogens is 765 g/mol. The highest BCUT2D eigenvalue weighted by Gasteiger charge is 2.50. The lowest BCUT2D eigenvalue weighted by Crippen LogP contribution is -2.31. The standard InChI is InChI=1S/C61H34O2/c1-2-14-39-35(11-1)25-29-48-59-45(20-10-24-55(59)63-60(39)48)40-30-32-56-58-44(40)18-9-19-47(58)49-33-37(27-31-54(49)62-56)38-26-28-43-41-15-3-5-21-50(41)61(53(43)34-38)51-22-6-4-16-42(51)46-17-7-12-36-13-8-23-52(61)57(36)46/h1-34H. The average molecular weight is 799 g/mol. The SMILES string of the molecule is c1ccc2c(c1)-c1ccc(-c3ccc4c(c3)-c3cccc5c(-c6cccc7oc8c9ccccc9ccc8c67)ccc(c35)O4)cc1C21c2ccccc2-c2cccc3cccc1c23. The third kappa shape index (κ3) is 4.23. The first-order valence-electron chi connectivity index (χ1n) is 21.8. The van der Waals surface area contributed by atoms with Crippen LogP contribution in [0.4, 0.5) is 0 Å². The maximum atomic E-state index is 6.81. The van der Waals surface area contributed by atoms with Crippen LogP contribution in [0.5, 0.6) is 11.5 Å². The Morgan fingerprint density at radius 2 is 0.889 bits per heavy atom. The lowest BCUT2D eigenvalue weighted by Gasteiger charge is -2.40. The van der Waals surface area contributed by atoms with E-state index in [1.54, 1.807) is 0 Å². The molecule has 3 aliphatic rings. The molecular formula is C61H34O2. The molecule has 2 heteroatoms. The third-order valence-corrected chi connectivity index (χ3v) is 14.5. The molecule has 15 rings (SSSR count). The summed E-state index contributed by atoms with van der Waals surface area (Å²) >= 11 is 0. The highest BCUT2D eigenvalue weighted by molar-refractivity contribution is 6.21. The molecule has 0 amide bonds. The number of hydrogen-bond acceptors (Lipinski definition) is 2. The third-order valence-electron chi connectivity index (χ3n) is 14.5. The van der Waals surface area contributed by atoms with Gasteiger partial charge in [-0.25, -0.2) is 0 Å². The minimum absolute atomic E-state index is 0.471. The van der Waals surface area contributed by atoms with E-state index < -0.39 is 5.41 Å². The zero-order chi connectivity index (χ0) is 41.0. The number of rotatable bonds is 2. The van der Waals surface area contributed by atoms with Crippen LogP contribution in [0.15, 0.2) is 211 Å². The van der Waals surface area contributed by atoms with E-state index in [1.807, 2.05) is 0 Å². The fourth-order valence-electron chi connectivity index (χ4n) is 11.9. The molecule has 1 unspecified atom stereocenters. The van der Waals surface area contributed by atoms with Crippen LogP contribution in [0, 0.1) is 0 Å². The maximum Gasteiger partial charge on any atom is 0.143 e. The van der Waals surface area contributed by atoms with Gasteiger partial charge in [0.25, 0.3) is 0 Å². The lowest BCUT2D eigenvalue weighted by molar-refractivity contribution is 0.487. The first kappa shape index (κ1) is 33.5. The van der Waals surface area contributed by atoms with Gasteiger partial charge in [0, 0.05) is 27.1 Å². The topological polar surface area (TPSA) is 22.4 Å². The zero-order valence-corrected chi connectivity index (χ0v) is 33.9. The van der Waals surface area contributed by atoms with Gasteiger partial charge in [-0.15, -0.1) is 0 Å². The molecule has 0 fully saturated rings. The van der Waals surface area contributed by atoms with Crippen molar-refractivity contribution in [3.05, 3.63) is 229 Å². The van der Waals surface area contributed by atoms with Gasteiger partial charge in [-0.1, -0.05) is 170 Å². The van der Waals surface area contributed by atoms with Crippen molar-refractivity contribution in [3.8, 4) is 67.1 Å². The second kappa shape index (κ2) is 12.0. The van der Waals surface area contributed by atoms with Crippen LogP contribution in [0.25, 0.3) is 110 Å². The van der Waals surface area contributed by atoms with E-state index in [1.165, 1.54) is 71.8 Å². The van der Waals surface area contributed by atoms with E-state index in [2.05, 4.69) is 206 Å². The molecule has 2 aliphatic carbocycles. The summed E-state index contributed by atoms with van der Waals surface area (Å²) in [6.45, 7) is 0. The smallest absolute Gasteiger partial charge is 0.143 e. The summed E-state index contributed by atoms with van der Waals surface area (Å²) < 4.78 is 13.4. The Kier molecular flexibility index (Phi) is 6.38. The largest absolute Gasteiger partial charge is 0.456 e. The lowest BCUT2D eigenvalue weighted by atomic mass is 9.61. The van der Waals surface area contributed by atoms with Crippen molar-refractivity contribution in [1.29, 1.82) is 0 Å². The van der Waals surface area contributed by atoms with Crippen LogP contribution >= 0.6 is 0 Å². The predicted molar refractivity (Wildman–Crippen MR) is 259 cm³/mol. The maximum absolute atomic E-state index is 6.81. The molecule has 0 saturated carbocycles. The quantitative estimate of drug-likeness (QED) is 0.174. The van der Waals surface area contributed by atoms with E-state index in [9.17, 15) is 0 Å². The number of fused-ring (bicyclic) bond motifs is 16. The normalized spacial score (nSPS) is 15.2. The Morgan fingerprint density at radius 1 is 0.302 bits per heavy atom. The van der Waals surface area contributed by atoms with E-state index >= 15 is 0 Å². The molecule has 0 bridgehead atoms. The second-order valence-electron chi connectivity index (χ2n) is 17.4. The number of hydrogen-bond donors (Lipinski definition) is 0. The number of furan rings is 1. The Balaban J connectivity index is 0.923. The van der Waals surface area contributed by atoms with E-state index in [0.29, 0.717) is 0 Å². The zero-order valence-electron chi connectivity index (χ0n) is 33.9. The monoisotopic (exact) mass is 798 g/mol. The Hall–Kier alpha value is -8.20. The Morgan fingerprint density at radius 3 is 1.76 bits per heavy atom. The van der Waals surface area contributed by atoms with Gasteiger partial charge >= 0.3 is 0 Å². The molecule has 0 radical (unpaired) electrons. The second-order valence-corrected chi connectivity index (χ2v) is 17.4. The van der Waals surface area contributed by atoms with Crippen molar-refractivity contribution >= 4 is 54.3 Å². The van der Waals surface area contributed by atoms with Gasteiger partial charge in [-0.05, 0) is 130 Å². The minimum atomic E-state index is -0.471. The summed E-state index contributed by atoms with van der Waals surface area (Å²) in [7, 11) is 0. The molecule has 12 aromatic rings. The first-order chi connectivity index (χ1) is 31.2. The molecule has 11 aromatic carbocycles. The number of ether oxygens (including phenoxy) is 1. The van der Waals surface area contributed by atoms with E-state index in [-0.39, 0.29) is 0 Å². The van der Waals surface area contributed by atoms with Crippen molar-refractivity contribution in [2.24, 2.45) is 0 Å². The van der Waals surface area contributed by atoms with Crippen LogP contribution in [-0.4, -0.2) is 0 Å². The van der Waals surface area contributed by atoms with Crippen LogP contribution in [0.2, 0.25) is 0 Å². The predicted octanol–water partition coefficient (Wildman–Crippen LogP) is 16.5. The highest BCUT2D eigenvalue weighted by atomic mass is 16.5. The molecule has 0 N–H and O–H groups in total. The van der Waals surface area contributed by atoms with Crippen molar-refractivity contribution in [2.45, 2.75) is 5.41 Å². The van der Waals surface area contributed by atoms with Crippen LogP contribution in [-0.2, 0) is 5.41 Å². The molecule has 1 atom stereocenters. The summed E-state index contributed by atoms with van der Waals surface area (Å²) in [5.41, 5.74) is 18.9. The van der Waals surface area contributed by atoms with Gasteiger partial charge in [0.15, 0.2) is 0 Å². The summed E-state index contributed by atoms with van der Waals surface area (Å²) in [6.07, 6.45) is 0. The highest BCUT2D eigenvalue weighted by Crippen LogP contribution is 2.62. The van der Waals surface area contributed by atoms with Crippen LogP contribution in [0.1, 0.15) is 22.3 Å². The molecule has 1 spiro atoms. The average Bonchev–Trinajstić information content (AvgIpc) is 3.88. The van der Waals surface area contributed by atoms with Crippen LogP contribution < -0.4 is 4.74 Å². The number of benzene rings is 11. The van der Waals surface area contributed by atoms with Gasteiger partial charge in [-0.2, -0.15) is 0 Å². The summed E-state index contributed by atoms with van der Waals surface area (Å²) in [5, 5.41) is 9.47. The molecule has 2 nitrogen and oxygen atoms in total. The van der Waals surface area contributed by atoms with Gasteiger partial charge in [0.2, 0.25) is 0 Å². The molecule has 0 saturated heterocycles. The summed E-state index contributed by atoms with van der Waals surface area (Å²) in [4.78, 5) is 0. The molecule has 1 aliphatic heterocycles. The Labute approximate surface area is 362 Å². The summed E-state index contributed by atoms with van der Waals surface area (Å²) in [6, 6.07) is 76.1. The van der Waals surface area contributed by atoms with E-state index in [0.717, 1.165) is 71.8 Å². The van der Waals surface area contributed by atoms with Crippen molar-refractivity contribution in [3.63, 3.8) is 0 Å². The van der Waals surface area contributed by atoms with Gasteiger partial charge < -0.3 is 9.15 Å². The van der Waals surface area contributed by atoms with Crippen molar-refractivity contribution in [1.82, 2.24) is 0 Å². The fraction of sp³-hybridized carbons (Fsp3) is 0.0164. The molecule has 1 aromatic heterocycles. The molecule has 290 valence electrons. The minimum Gasteiger partial charge on any atom is -0.456 e. The molecule has 63 heavy (non-hydrogen) atoms. The van der Waals surface area contributed by atoms with Crippen LogP contribution in [0.3, 0.4) is 0 Å². The first-order valence-corrected chi connectivity index (χ1v) is 21.8. The van der Waals surface area contributed by atoms with Gasteiger partial charge in [0.1, 0.15) is 22.7 Å². The van der Waals surface area contributed by atoms with Gasteiger partial charge in [0.05, 0.1) is 5.41 Å². The van der Waals surface area contributed by atoms with Crippen molar-refractivity contribution < 1.29 is 9.15 Å². The van der Waals surface area contributed by atoms with E-state index in [4.69, 9.17) is 9.15 Å².